The van der Waals surface area contributed by atoms with Crippen LogP contribution in [0.5, 0.6) is 0 Å². The van der Waals surface area contributed by atoms with Gasteiger partial charge in [0.2, 0.25) is 0 Å². The molecule has 102 valence electrons. The molecule has 2 unspecified atom stereocenters. The molecule has 1 aromatic rings. The maximum Gasteiger partial charge on any atom is 0.131 e. The molecule has 3 N–H and O–H groups in total. The van der Waals surface area contributed by atoms with E-state index in [-0.39, 0.29) is 18.7 Å². The minimum absolute atomic E-state index is 0.0198. The van der Waals surface area contributed by atoms with Gasteiger partial charge in [-0.05, 0) is 25.5 Å². The zero-order valence-corrected chi connectivity index (χ0v) is 10.6. The van der Waals surface area contributed by atoms with Crippen molar-refractivity contribution in [2.45, 2.75) is 32.0 Å². The maximum atomic E-state index is 13.4. The van der Waals surface area contributed by atoms with Gasteiger partial charge in [0.05, 0.1) is 17.3 Å². The van der Waals surface area contributed by atoms with Gasteiger partial charge in [-0.1, -0.05) is 13.0 Å². The highest BCUT2D eigenvalue weighted by atomic mass is 19.1. The van der Waals surface area contributed by atoms with Crippen molar-refractivity contribution >= 4 is 0 Å². The first-order valence-corrected chi connectivity index (χ1v) is 5.92. The van der Waals surface area contributed by atoms with Crippen LogP contribution in [0.25, 0.3) is 0 Å². The van der Waals surface area contributed by atoms with E-state index in [1.165, 1.54) is 6.07 Å². The van der Waals surface area contributed by atoms with Crippen LogP contribution in [0.1, 0.15) is 31.9 Å². The molecule has 0 saturated heterocycles. The van der Waals surface area contributed by atoms with Crippen LogP contribution >= 0.6 is 0 Å². The number of nitrogens with one attached hydrogen (secondary N) is 1. The van der Waals surface area contributed by atoms with Crippen molar-refractivity contribution in [3.05, 3.63) is 35.4 Å². The van der Waals surface area contributed by atoms with Crippen molar-refractivity contribution in [3.63, 3.8) is 0 Å². The minimum atomic E-state index is -1.28. The van der Waals surface area contributed by atoms with Gasteiger partial charge in [0.25, 0.3) is 0 Å². The summed E-state index contributed by atoms with van der Waals surface area (Å²) in [5.74, 6) is -1.54. The van der Waals surface area contributed by atoms with Gasteiger partial charge in [-0.25, -0.2) is 8.78 Å². The zero-order valence-electron chi connectivity index (χ0n) is 10.6. The highest BCUT2D eigenvalue weighted by Gasteiger charge is 2.20. The summed E-state index contributed by atoms with van der Waals surface area (Å²) >= 11 is 0. The zero-order chi connectivity index (χ0) is 13.8. The summed E-state index contributed by atoms with van der Waals surface area (Å²) in [5, 5.41) is 22.2. The first kappa shape index (κ1) is 15.0. The molecule has 0 bridgehead atoms. The fourth-order valence-electron chi connectivity index (χ4n) is 1.53. The lowest BCUT2D eigenvalue weighted by Gasteiger charge is -2.23. The normalized spacial score (nSPS) is 16.3. The third kappa shape index (κ3) is 4.01. The van der Waals surface area contributed by atoms with E-state index in [9.17, 15) is 19.0 Å². The molecule has 5 heteroatoms. The molecule has 0 aliphatic rings. The highest BCUT2D eigenvalue weighted by molar-refractivity contribution is 5.22. The van der Waals surface area contributed by atoms with Gasteiger partial charge >= 0.3 is 0 Å². The molecule has 2 atom stereocenters. The quantitative estimate of drug-likeness (QED) is 0.729. The second-order valence-corrected chi connectivity index (χ2v) is 4.63. The standard InChI is InChI=1S/C13H19F2NO2/c1-3-13(2,18)8-16-7-11(17)12-9(14)5-4-6-10(12)15/h4-6,11,16-18H,3,7-8H2,1-2H3. The summed E-state index contributed by atoms with van der Waals surface area (Å²) in [6.07, 6.45) is -0.733. The number of aliphatic hydroxyl groups excluding tert-OH is 1. The fourth-order valence-corrected chi connectivity index (χ4v) is 1.53. The predicted molar refractivity (Wildman–Crippen MR) is 65.1 cm³/mol. The second kappa shape index (κ2) is 6.22. The third-order valence-electron chi connectivity index (χ3n) is 2.94. The summed E-state index contributed by atoms with van der Waals surface area (Å²) in [6.45, 7) is 3.70. The highest BCUT2D eigenvalue weighted by Crippen LogP contribution is 2.20. The van der Waals surface area contributed by atoms with Crippen molar-refractivity contribution < 1.29 is 19.0 Å². The van der Waals surface area contributed by atoms with Crippen LogP contribution in [0.4, 0.5) is 8.78 Å². The lowest BCUT2D eigenvalue weighted by Crippen LogP contribution is -2.38. The summed E-state index contributed by atoms with van der Waals surface area (Å²) in [6, 6.07) is 3.45. The molecule has 0 fully saturated rings. The second-order valence-electron chi connectivity index (χ2n) is 4.63. The van der Waals surface area contributed by atoms with Crippen LogP contribution in [0, 0.1) is 11.6 Å². The smallest absolute Gasteiger partial charge is 0.131 e. The molecule has 0 spiro atoms. The maximum absolute atomic E-state index is 13.4. The molecule has 0 aromatic heterocycles. The van der Waals surface area contributed by atoms with Gasteiger partial charge in [0.15, 0.2) is 0 Å². The summed E-state index contributed by atoms with van der Waals surface area (Å²) in [5.41, 5.74) is -1.24. The largest absolute Gasteiger partial charge is 0.389 e. The summed E-state index contributed by atoms with van der Waals surface area (Å²) in [4.78, 5) is 0. The monoisotopic (exact) mass is 259 g/mol. The van der Waals surface area contributed by atoms with Crippen molar-refractivity contribution in [3.8, 4) is 0 Å². The number of aliphatic hydroxyl groups is 2. The Morgan fingerprint density at radius 2 is 1.89 bits per heavy atom. The van der Waals surface area contributed by atoms with E-state index >= 15 is 0 Å². The van der Waals surface area contributed by atoms with Crippen LogP contribution in [-0.2, 0) is 0 Å². The molecule has 0 aliphatic carbocycles. The van der Waals surface area contributed by atoms with Crippen LogP contribution in [-0.4, -0.2) is 28.9 Å². The van der Waals surface area contributed by atoms with Crippen LogP contribution in [0.15, 0.2) is 18.2 Å². The van der Waals surface area contributed by atoms with E-state index in [1.54, 1.807) is 6.92 Å². The Bertz CT molecular complexity index is 376. The minimum Gasteiger partial charge on any atom is -0.389 e. The van der Waals surface area contributed by atoms with Crippen LogP contribution in [0.2, 0.25) is 0 Å². The van der Waals surface area contributed by atoms with Crippen molar-refractivity contribution in [2.75, 3.05) is 13.1 Å². The first-order chi connectivity index (χ1) is 8.37. The molecular formula is C13H19F2NO2. The molecule has 0 amide bonds. The van der Waals surface area contributed by atoms with E-state index in [1.807, 2.05) is 6.92 Å². The number of hydrogen-bond donors (Lipinski definition) is 3. The molecule has 0 aliphatic heterocycles. The first-order valence-electron chi connectivity index (χ1n) is 5.92. The van der Waals surface area contributed by atoms with E-state index in [4.69, 9.17) is 0 Å². The van der Waals surface area contributed by atoms with E-state index < -0.39 is 23.3 Å². The van der Waals surface area contributed by atoms with Gasteiger partial charge in [-0.15, -0.1) is 0 Å². The van der Waals surface area contributed by atoms with Crippen molar-refractivity contribution in [1.82, 2.24) is 5.32 Å². The molecule has 3 nitrogen and oxygen atoms in total. The predicted octanol–water partition coefficient (Wildman–Crippen LogP) is 1.75. The van der Waals surface area contributed by atoms with Gasteiger partial charge in [-0.2, -0.15) is 0 Å². The van der Waals surface area contributed by atoms with E-state index in [2.05, 4.69) is 5.32 Å². The van der Waals surface area contributed by atoms with E-state index in [0.717, 1.165) is 12.1 Å². The molecule has 1 rings (SSSR count). The van der Waals surface area contributed by atoms with Crippen LogP contribution < -0.4 is 5.32 Å². The van der Waals surface area contributed by atoms with Crippen LogP contribution in [0.3, 0.4) is 0 Å². The lowest BCUT2D eigenvalue weighted by molar-refractivity contribution is 0.0512. The average molecular weight is 259 g/mol. The molecule has 0 saturated carbocycles. The lowest BCUT2D eigenvalue weighted by atomic mass is 10.0. The SMILES string of the molecule is CCC(C)(O)CNCC(O)c1c(F)cccc1F. The van der Waals surface area contributed by atoms with Crippen molar-refractivity contribution in [1.29, 1.82) is 0 Å². The van der Waals surface area contributed by atoms with Crippen molar-refractivity contribution in [2.24, 2.45) is 0 Å². The summed E-state index contributed by atoms with van der Waals surface area (Å²) < 4.78 is 26.7. The number of halogens is 2. The Kier molecular flexibility index (Phi) is 5.19. The summed E-state index contributed by atoms with van der Waals surface area (Å²) in [7, 11) is 0. The Labute approximate surface area is 105 Å². The molecular weight excluding hydrogens is 240 g/mol. The third-order valence-corrected chi connectivity index (χ3v) is 2.94. The van der Waals surface area contributed by atoms with Gasteiger partial charge in [-0.3, -0.25) is 0 Å². The number of rotatable bonds is 6. The average Bonchev–Trinajstić information content (AvgIpc) is 2.28. The molecule has 0 heterocycles. The van der Waals surface area contributed by atoms with Gasteiger partial charge in [0.1, 0.15) is 11.6 Å². The van der Waals surface area contributed by atoms with E-state index in [0.29, 0.717) is 6.42 Å². The molecule has 1 aromatic carbocycles. The Balaban J connectivity index is 2.58. The number of benzene rings is 1. The Morgan fingerprint density at radius 3 is 2.39 bits per heavy atom. The fraction of sp³-hybridized carbons (Fsp3) is 0.538. The van der Waals surface area contributed by atoms with Gasteiger partial charge in [0, 0.05) is 13.1 Å². The Hall–Kier alpha value is -1.04. The molecule has 0 radical (unpaired) electrons. The Morgan fingerprint density at radius 1 is 1.33 bits per heavy atom. The number of hydrogen-bond acceptors (Lipinski definition) is 3. The van der Waals surface area contributed by atoms with Gasteiger partial charge < -0.3 is 15.5 Å². The molecule has 18 heavy (non-hydrogen) atoms. The topological polar surface area (TPSA) is 52.5 Å².